The van der Waals surface area contributed by atoms with Gasteiger partial charge in [0.15, 0.2) is 105 Å². The topological polar surface area (TPSA) is 0 Å². The fourth-order valence-electron chi connectivity index (χ4n) is 6.72. The normalized spacial score (nSPS) is 11.7. The van der Waals surface area contributed by atoms with Gasteiger partial charge in [-0.05, 0) is 20.8 Å². The van der Waals surface area contributed by atoms with Crippen molar-refractivity contribution in [3.8, 4) is 33.4 Å². The molecule has 0 aliphatic carbocycles. The Morgan fingerprint density at radius 3 is 0.516 bits per heavy atom. The molecule has 0 saturated heterocycles. The molecule has 0 aliphatic heterocycles. The van der Waals surface area contributed by atoms with Gasteiger partial charge in [0.2, 0.25) is 0 Å². The maximum Gasteiger partial charge on any atom is 0.264 e. The zero-order valence-electron chi connectivity index (χ0n) is 30.6. The van der Waals surface area contributed by atoms with Crippen LogP contribution in [0, 0.1) is 160 Å². The summed E-state index contributed by atoms with van der Waals surface area (Å²) in [7, 11) is 0. The van der Waals surface area contributed by atoms with Crippen molar-refractivity contribution >= 4 is 23.1 Å². The molecule has 6 rings (SSSR count). The van der Waals surface area contributed by atoms with Crippen molar-refractivity contribution in [2.45, 2.75) is 20.8 Å². The second-order valence-electron chi connectivity index (χ2n) is 13.3. The summed E-state index contributed by atoms with van der Waals surface area (Å²) in [6.07, 6.45) is 0. The highest BCUT2D eigenvalue weighted by atomic mass is 19.2. The molecule has 0 bridgehead atoms. The van der Waals surface area contributed by atoms with Crippen molar-refractivity contribution < 1.29 is 105 Å². The Morgan fingerprint density at radius 2 is 0.328 bits per heavy atom. The molecule has 0 saturated carbocycles. The van der Waals surface area contributed by atoms with E-state index in [1.807, 2.05) is 0 Å². The van der Waals surface area contributed by atoms with Crippen LogP contribution in [0.2, 0.25) is 0 Å². The molecule has 0 aliphatic rings. The predicted molar refractivity (Wildman–Crippen MR) is 173 cm³/mol. The maximum absolute atomic E-state index is 16.9. The van der Waals surface area contributed by atoms with Crippen molar-refractivity contribution in [2.75, 3.05) is 0 Å². The Balaban J connectivity index is 1.97. The SMILES string of the molecule is Cc1c(F)c(F)c(F)c(-c2c(F)c(F)c(F)c(B(c3c(F)c(F)c(F)c(-c4c(F)c(C)c(F)c(F)c4F)c3F)c3c(F)c(F)c(F)c(-c4c(F)c(C)c(F)c(F)c4F)c3F)c2F)c1F. The second-order valence-corrected chi connectivity index (χ2v) is 13.3. The van der Waals surface area contributed by atoms with Gasteiger partial charge in [-0.15, -0.1) is 0 Å². The van der Waals surface area contributed by atoms with E-state index >= 15 is 79.0 Å². The third kappa shape index (κ3) is 6.38. The van der Waals surface area contributed by atoms with Crippen LogP contribution >= 0.6 is 0 Å². The van der Waals surface area contributed by atoms with Crippen LogP contribution in [-0.2, 0) is 0 Å². The summed E-state index contributed by atoms with van der Waals surface area (Å²) in [4.78, 5) is 0. The van der Waals surface area contributed by atoms with E-state index in [0.29, 0.717) is 0 Å². The second kappa shape index (κ2) is 16.0. The predicted octanol–water partition coefficient (Wildman–Crippen LogP) is 11.5. The third-order valence-corrected chi connectivity index (χ3v) is 9.96. The lowest BCUT2D eigenvalue weighted by Crippen LogP contribution is -2.60. The van der Waals surface area contributed by atoms with Crippen molar-refractivity contribution in [1.82, 2.24) is 0 Å². The third-order valence-electron chi connectivity index (χ3n) is 9.96. The molecular weight excluding hydrogens is 935 g/mol. The fraction of sp³-hybridized carbons (Fsp3) is 0.0769. The van der Waals surface area contributed by atoms with Gasteiger partial charge in [-0.25, -0.2) is 105 Å². The standard InChI is InChI=1S/C39H9BF24/c1-4-16(41)7(25(50)34(59)19(4)44)10-22(47)13(31(56)37(62)28(10)53)40(14-23(48)11(29(54)38(63)32(14)57)8-17(42)5(2)20(45)35(60)26(8)51)15-24(49)12(30(55)39(64)33(15)58)9-18(43)6(3)21(46)36(61)27(9)52/h1-3H3. The highest BCUT2D eigenvalue weighted by molar-refractivity contribution is 6.96. The van der Waals surface area contributed by atoms with E-state index in [0.717, 1.165) is 0 Å². The molecule has 0 spiro atoms. The summed E-state index contributed by atoms with van der Waals surface area (Å²) in [5, 5.41) is 0. The Kier molecular flexibility index (Phi) is 11.8. The van der Waals surface area contributed by atoms with Gasteiger partial charge in [-0.2, -0.15) is 0 Å². The largest absolute Gasteiger partial charge is 0.264 e. The molecule has 0 radical (unpaired) electrons. The van der Waals surface area contributed by atoms with Crippen LogP contribution in [0.15, 0.2) is 0 Å². The molecule has 0 aromatic heterocycles. The number of hydrogen-bond acceptors (Lipinski definition) is 0. The lowest BCUT2D eigenvalue weighted by Gasteiger charge is -2.25. The summed E-state index contributed by atoms with van der Waals surface area (Å²) in [5.74, 6) is -74.6. The lowest BCUT2D eigenvalue weighted by atomic mass is 9.35. The van der Waals surface area contributed by atoms with Crippen molar-refractivity contribution in [3.63, 3.8) is 0 Å². The van der Waals surface area contributed by atoms with Crippen LogP contribution in [-0.4, -0.2) is 6.71 Å². The highest BCUT2D eigenvalue weighted by Crippen LogP contribution is 2.41. The number of hydrogen-bond donors (Lipinski definition) is 0. The Bertz CT molecular complexity index is 2670. The van der Waals surface area contributed by atoms with E-state index in [9.17, 15) is 26.3 Å². The summed E-state index contributed by atoms with van der Waals surface area (Å²) >= 11 is 0. The molecule has 336 valence electrons. The van der Waals surface area contributed by atoms with Gasteiger partial charge >= 0.3 is 0 Å². The molecule has 0 unspecified atom stereocenters. The first-order valence-corrected chi connectivity index (χ1v) is 16.7. The average molecular weight is 944 g/mol. The first-order valence-electron chi connectivity index (χ1n) is 16.7. The highest BCUT2D eigenvalue weighted by Gasteiger charge is 2.47. The molecule has 6 aromatic rings. The fourth-order valence-corrected chi connectivity index (χ4v) is 6.72. The van der Waals surface area contributed by atoms with Crippen LogP contribution in [0.5, 0.6) is 0 Å². The van der Waals surface area contributed by atoms with E-state index in [-0.39, 0.29) is 20.8 Å². The van der Waals surface area contributed by atoms with Gasteiger partial charge in [0, 0.05) is 33.1 Å². The Morgan fingerprint density at radius 1 is 0.172 bits per heavy atom. The minimum atomic E-state index is -4.72. The average Bonchev–Trinajstić information content (AvgIpc) is 3.25. The first-order chi connectivity index (χ1) is 29.6. The molecule has 0 nitrogen and oxygen atoms in total. The van der Waals surface area contributed by atoms with E-state index in [4.69, 9.17) is 0 Å². The van der Waals surface area contributed by atoms with Gasteiger partial charge in [0.1, 0.15) is 34.9 Å². The molecule has 0 fully saturated rings. The van der Waals surface area contributed by atoms with Crippen molar-refractivity contribution in [3.05, 3.63) is 156 Å². The van der Waals surface area contributed by atoms with E-state index in [1.54, 1.807) is 0 Å². The molecule has 0 atom stereocenters. The van der Waals surface area contributed by atoms with Crippen LogP contribution in [0.1, 0.15) is 16.7 Å². The zero-order chi connectivity index (χ0) is 48.4. The number of benzene rings is 6. The van der Waals surface area contributed by atoms with Gasteiger partial charge in [-0.3, -0.25) is 0 Å². The summed E-state index contributed by atoms with van der Waals surface area (Å²) < 4.78 is 370. The van der Waals surface area contributed by atoms with E-state index < -0.39 is 213 Å². The monoisotopic (exact) mass is 944 g/mol. The quantitative estimate of drug-likeness (QED) is 0.0676. The molecule has 25 heteroatoms. The molecule has 64 heavy (non-hydrogen) atoms. The smallest absolute Gasteiger partial charge is 0.207 e. The minimum Gasteiger partial charge on any atom is -0.207 e. The van der Waals surface area contributed by atoms with Gasteiger partial charge < -0.3 is 0 Å². The molecule has 0 N–H and O–H groups in total. The van der Waals surface area contributed by atoms with Crippen LogP contribution < -0.4 is 16.4 Å². The molecular formula is C39H9BF24. The van der Waals surface area contributed by atoms with Crippen molar-refractivity contribution in [2.24, 2.45) is 0 Å². The Hall–Kier alpha value is -6.30. The summed E-state index contributed by atoms with van der Waals surface area (Å²) in [6.45, 7) is -4.15. The van der Waals surface area contributed by atoms with E-state index in [1.165, 1.54) is 0 Å². The maximum atomic E-state index is 16.9. The summed E-state index contributed by atoms with van der Waals surface area (Å²) in [6, 6.07) is 0. The lowest BCUT2D eigenvalue weighted by molar-refractivity contribution is 0.423. The number of halogens is 24. The Labute approximate surface area is 339 Å². The van der Waals surface area contributed by atoms with E-state index in [2.05, 4.69) is 0 Å². The molecule has 0 amide bonds. The first kappa shape index (κ1) is 47.2. The zero-order valence-corrected chi connectivity index (χ0v) is 30.6. The van der Waals surface area contributed by atoms with Gasteiger partial charge in [-0.1, -0.05) is 0 Å². The molecule has 0 heterocycles. The number of rotatable bonds is 6. The summed E-state index contributed by atoms with van der Waals surface area (Å²) in [5.41, 5.74) is -31.7. The van der Waals surface area contributed by atoms with Gasteiger partial charge in [0.05, 0.1) is 33.4 Å². The van der Waals surface area contributed by atoms with Crippen LogP contribution in [0.3, 0.4) is 0 Å². The van der Waals surface area contributed by atoms with Crippen LogP contribution in [0.25, 0.3) is 33.4 Å². The van der Waals surface area contributed by atoms with Crippen molar-refractivity contribution in [1.29, 1.82) is 0 Å². The van der Waals surface area contributed by atoms with Gasteiger partial charge in [0.25, 0.3) is 6.71 Å². The molecule has 6 aromatic carbocycles. The van der Waals surface area contributed by atoms with Crippen LogP contribution in [0.4, 0.5) is 105 Å². The minimum absolute atomic E-state index is 0.188.